The Kier molecular flexibility index (Phi) is 5.27. The van der Waals surface area contributed by atoms with Crippen molar-refractivity contribution in [2.45, 2.75) is 6.61 Å². The molecule has 0 saturated carbocycles. The molecule has 5 nitrogen and oxygen atoms in total. The predicted molar refractivity (Wildman–Crippen MR) is 112 cm³/mol. The molecule has 0 N–H and O–H groups in total. The number of carbonyl (C=O) groups excluding carboxylic acids is 1. The van der Waals surface area contributed by atoms with Crippen LogP contribution in [0.2, 0.25) is 0 Å². The van der Waals surface area contributed by atoms with Gasteiger partial charge in [0.2, 0.25) is 0 Å². The van der Waals surface area contributed by atoms with Crippen LogP contribution in [0.5, 0.6) is 11.5 Å². The maximum Gasteiger partial charge on any atom is 0.348 e. The van der Waals surface area contributed by atoms with Crippen LogP contribution in [0.4, 0.5) is 0 Å². The first-order valence-corrected chi connectivity index (χ1v) is 10.2. The summed E-state index contributed by atoms with van der Waals surface area (Å²) in [6.45, 7) is 0.121. The van der Waals surface area contributed by atoms with Gasteiger partial charge in [0.15, 0.2) is 11.5 Å². The van der Waals surface area contributed by atoms with Crippen molar-refractivity contribution in [2.24, 2.45) is 0 Å². The maximum atomic E-state index is 12.4. The van der Waals surface area contributed by atoms with E-state index in [9.17, 15) is 4.79 Å². The summed E-state index contributed by atoms with van der Waals surface area (Å²) in [6, 6.07) is 15.4. The highest BCUT2D eigenvalue weighted by atomic mass is 32.1. The van der Waals surface area contributed by atoms with Gasteiger partial charge in [-0.05, 0) is 29.7 Å². The lowest BCUT2D eigenvalue weighted by Crippen LogP contribution is -2.03. The molecule has 0 aliphatic rings. The van der Waals surface area contributed by atoms with E-state index in [0.29, 0.717) is 22.1 Å². The topological polar surface area (TPSA) is 57.7 Å². The minimum atomic E-state index is -0.338. The molecule has 0 amide bonds. The van der Waals surface area contributed by atoms with Crippen LogP contribution >= 0.6 is 22.7 Å². The Hall–Kier alpha value is -2.90. The molecule has 4 rings (SSSR count). The summed E-state index contributed by atoms with van der Waals surface area (Å²) in [4.78, 5) is 17.5. The molecule has 2 aromatic heterocycles. The largest absolute Gasteiger partial charge is 0.493 e. The highest BCUT2D eigenvalue weighted by molar-refractivity contribution is 7.20. The summed E-state index contributed by atoms with van der Waals surface area (Å²) >= 11 is 2.90. The highest BCUT2D eigenvalue weighted by Crippen LogP contribution is 2.39. The number of fused-ring (bicyclic) bond motifs is 1. The van der Waals surface area contributed by atoms with Gasteiger partial charge in [0.05, 0.1) is 25.5 Å². The molecule has 28 heavy (non-hydrogen) atoms. The minimum absolute atomic E-state index is 0.121. The van der Waals surface area contributed by atoms with E-state index in [4.69, 9.17) is 14.2 Å². The number of hydrogen-bond donors (Lipinski definition) is 0. The van der Waals surface area contributed by atoms with Gasteiger partial charge in [-0.15, -0.1) is 22.7 Å². The van der Waals surface area contributed by atoms with Crippen LogP contribution in [0.15, 0.2) is 53.9 Å². The Bertz CT molecular complexity index is 1100. The standard InChI is InChI=1S/C21H17NO4S2/c1-24-16-8-5-7-15(19(16)25-2)20-22-14(12-27-20)11-26-21(23)18-10-13-6-3-4-9-17(13)28-18/h3-10,12H,11H2,1-2H3. The number of ether oxygens (including phenoxy) is 3. The Balaban J connectivity index is 1.49. The van der Waals surface area contributed by atoms with E-state index in [1.165, 1.54) is 22.7 Å². The summed E-state index contributed by atoms with van der Waals surface area (Å²) in [6.07, 6.45) is 0. The number of hydrogen-bond acceptors (Lipinski definition) is 7. The molecule has 142 valence electrons. The molecule has 0 spiro atoms. The van der Waals surface area contributed by atoms with Gasteiger partial charge in [0.1, 0.15) is 16.5 Å². The van der Waals surface area contributed by atoms with E-state index in [-0.39, 0.29) is 12.6 Å². The molecule has 4 aromatic rings. The summed E-state index contributed by atoms with van der Waals surface area (Å²) in [5.74, 6) is 0.941. The number of nitrogens with zero attached hydrogens (tertiary/aromatic N) is 1. The van der Waals surface area contributed by atoms with Crippen LogP contribution in [0, 0.1) is 0 Å². The molecule has 0 fully saturated rings. The molecular weight excluding hydrogens is 394 g/mol. The Labute approximate surface area is 170 Å². The first-order chi connectivity index (χ1) is 13.7. The fourth-order valence-corrected chi connectivity index (χ4v) is 4.63. The second-order valence-corrected chi connectivity index (χ2v) is 7.85. The number of para-hydroxylation sites is 1. The molecule has 7 heteroatoms. The minimum Gasteiger partial charge on any atom is -0.493 e. The third-order valence-electron chi connectivity index (χ3n) is 4.16. The lowest BCUT2D eigenvalue weighted by molar-refractivity contribution is 0.0474. The van der Waals surface area contributed by atoms with Crippen molar-refractivity contribution in [3.63, 3.8) is 0 Å². The van der Waals surface area contributed by atoms with Gasteiger partial charge in [-0.2, -0.15) is 0 Å². The van der Waals surface area contributed by atoms with Crippen molar-refractivity contribution in [1.29, 1.82) is 0 Å². The van der Waals surface area contributed by atoms with Crippen molar-refractivity contribution < 1.29 is 19.0 Å². The Morgan fingerprint density at radius 3 is 2.71 bits per heavy atom. The van der Waals surface area contributed by atoms with E-state index in [0.717, 1.165) is 20.7 Å². The van der Waals surface area contributed by atoms with Crippen LogP contribution in [0.3, 0.4) is 0 Å². The number of methoxy groups -OCH3 is 2. The monoisotopic (exact) mass is 411 g/mol. The number of thiophene rings is 1. The van der Waals surface area contributed by atoms with Gasteiger partial charge in [0.25, 0.3) is 0 Å². The van der Waals surface area contributed by atoms with E-state index in [1.807, 2.05) is 53.9 Å². The van der Waals surface area contributed by atoms with Crippen molar-refractivity contribution >= 4 is 38.7 Å². The number of esters is 1. The molecular formula is C21H17NO4S2. The van der Waals surface area contributed by atoms with E-state index in [2.05, 4.69) is 4.98 Å². The molecule has 0 saturated heterocycles. The maximum absolute atomic E-state index is 12.4. The predicted octanol–water partition coefficient (Wildman–Crippen LogP) is 5.40. The molecule has 2 aromatic carbocycles. The zero-order valence-corrected chi connectivity index (χ0v) is 16.9. The molecule has 0 aliphatic heterocycles. The zero-order valence-electron chi connectivity index (χ0n) is 15.3. The molecule has 0 radical (unpaired) electrons. The fraction of sp³-hybridized carbons (Fsp3) is 0.143. The lowest BCUT2D eigenvalue weighted by Gasteiger charge is -2.10. The van der Waals surface area contributed by atoms with Gasteiger partial charge in [-0.25, -0.2) is 9.78 Å². The number of benzene rings is 2. The number of aromatic nitrogens is 1. The van der Waals surface area contributed by atoms with Crippen LogP contribution in [0.1, 0.15) is 15.4 Å². The summed E-state index contributed by atoms with van der Waals surface area (Å²) < 4.78 is 17.3. The van der Waals surface area contributed by atoms with Crippen LogP contribution < -0.4 is 9.47 Å². The van der Waals surface area contributed by atoms with Crippen LogP contribution in [-0.4, -0.2) is 25.2 Å². The van der Waals surface area contributed by atoms with Gasteiger partial charge in [0, 0.05) is 10.1 Å². The van der Waals surface area contributed by atoms with Crippen LogP contribution in [0.25, 0.3) is 20.7 Å². The summed E-state index contributed by atoms with van der Waals surface area (Å²) in [5, 5.41) is 3.70. The average Bonchev–Trinajstić information content (AvgIpc) is 3.38. The lowest BCUT2D eigenvalue weighted by atomic mass is 10.2. The van der Waals surface area contributed by atoms with Crippen molar-refractivity contribution in [1.82, 2.24) is 4.98 Å². The number of rotatable bonds is 6. The SMILES string of the molecule is COc1cccc(-c2nc(COC(=O)c3cc4ccccc4s3)cs2)c1OC. The van der Waals surface area contributed by atoms with Crippen molar-refractivity contribution in [3.05, 3.63) is 64.5 Å². The van der Waals surface area contributed by atoms with Gasteiger partial charge in [-0.1, -0.05) is 24.3 Å². The second kappa shape index (κ2) is 8.00. The quantitative estimate of drug-likeness (QED) is 0.398. The summed E-state index contributed by atoms with van der Waals surface area (Å²) in [5.41, 5.74) is 1.54. The summed E-state index contributed by atoms with van der Waals surface area (Å²) in [7, 11) is 3.20. The highest BCUT2D eigenvalue weighted by Gasteiger charge is 2.16. The smallest absolute Gasteiger partial charge is 0.348 e. The number of thiazole rings is 1. The normalized spacial score (nSPS) is 10.8. The fourth-order valence-electron chi connectivity index (χ4n) is 2.85. The first-order valence-electron chi connectivity index (χ1n) is 8.51. The van der Waals surface area contributed by atoms with Gasteiger partial charge < -0.3 is 14.2 Å². The Morgan fingerprint density at radius 1 is 1.07 bits per heavy atom. The van der Waals surface area contributed by atoms with E-state index < -0.39 is 0 Å². The van der Waals surface area contributed by atoms with E-state index in [1.54, 1.807) is 14.2 Å². The first kappa shape index (κ1) is 18.5. The Morgan fingerprint density at radius 2 is 1.93 bits per heavy atom. The molecule has 0 aliphatic carbocycles. The van der Waals surface area contributed by atoms with E-state index >= 15 is 0 Å². The molecule has 0 atom stereocenters. The number of carbonyl (C=O) groups is 1. The van der Waals surface area contributed by atoms with Gasteiger partial charge >= 0.3 is 5.97 Å². The van der Waals surface area contributed by atoms with Crippen molar-refractivity contribution in [2.75, 3.05) is 14.2 Å². The van der Waals surface area contributed by atoms with Crippen LogP contribution in [-0.2, 0) is 11.3 Å². The van der Waals surface area contributed by atoms with Gasteiger partial charge in [-0.3, -0.25) is 0 Å². The second-order valence-electron chi connectivity index (χ2n) is 5.91. The molecule has 0 bridgehead atoms. The zero-order chi connectivity index (χ0) is 19.5. The third kappa shape index (κ3) is 3.58. The van der Waals surface area contributed by atoms with Crippen molar-refractivity contribution in [3.8, 4) is 22.1 Å². The molecule has 2 heterocycles. The molecule has 0 unspecified atom stereocenters. The average molecular weight is 412 g/mol. The third-order valence-corrected chi connectivity index (χ3v) is 6.18.